The number of carbonyl (C=O) groups is 1. The van der Waals surface area contributed by atoms with E-state index in [-0.39, 0.29) is 17.4 Å². The number of rotatable bonds is 4. The number of benzene rings is 1. The van der Waals surface area contributed by atoms with Crippen molar-refractivity contribution >= 4 is 17.5 Å². The summed E-state index contributed by atoms with van der Waals surface area (Å²) in [4.78, 5) is 12.5. The summed E-state index contributed by atoms with van der Waals surface area (Å²) in [5, 5.41) is 7.13. The number of amides is 1. The van der Waals surface area contributed by atoms with Crippen LogP contribution >= 0.6 is 11.6 Å². The standard InChI is InChI=1S/C15H21ClN2O/c1-3-15(8-9-17-10-15)14(19)18-11(2)12-4-6-13(16)7-5-12/h4-7,11,17H,3,8-10H2,1-2H3,(H,18,19)/t11-,15?/m0/s1. The van der Waals surface area contributed by atoms with Crippen LogP contribution in [0.2, 0.25) is 5.02 Å². The van der Waals surface area contributed by atoms with Crippen LogP contribution in [0.15, 0.2) is 24.3 Å². The molecule has 2 rings (SSSR count). The van der Waals surface area contributed by atoms with E-state index in [1.165, 1.54) is 0 Å². The molecule has 0 aliphatic carbocycles. The first-order valence-electron chi connectivity index (χ1n) is 6.84. The highest BCUT2D eigenvalue weighted by Crippen LogP contribution is 2.30. The minimum absolute atomic E-state index is 0.00814. The van der Waals surface area contributed by atoms with Crippen molar-refractivity contribution in [1.82, 2.24) is 10.6 Å². The Labute approximate surface area is 119 Å². The lowest BCUT2D eigenvalue weighted by Crippen LogP contribution is -2.43. The molecule has 0 radical (unpaired) electrons. The third-order valence-corrected chi connectivity index (χ3v) is 4.37. The van der Waals surface area contributed by atoms with E-state index >= 15 is 0 Å². The largest absolute Gasteiger partial charge is 0.349 e. The van der Waals surface area contributed by atoms with Gasteiger partial charge in [-0.3, -0.25) is 4.79 Å². The first-order chi connectivity index (χ1) is 9.07. The van der Waals surface area contributed by atoms with Crippen LogP contribution in [0.1, 0.15) is 38.3 Å². The molecule has 3 nitrogen and oxygen atoms in total. The fraction of sp³-hybridized carbons (Fsp3) is 0.533. The summed E-state index contributed by atoms with van der Waals surface area (Å²) in [5.74, 6) is 0.155. The molecule has 1 amide bonds. The topological polar surface area (TPSA) is 41.1 Å². The third kappa shape index (κ3) is 3.10. The van der Waals surface area contributed by atoms with Crippen molar-refractivity contribution in [2.45, 2.75) is 32.7 Å². The summed E-state index contributed by atoms with van der Waals surface area (Å²) in [7, 11) is 0. The van der Waals surface area contributed by atoms with Gasteiger partial charge in [0, 0.05) is 11.6 Å². The maximum Gasteiger partial charge on any atom is 0.228 e. The van der Waals surface area contributed by atoms with Crippen LogP contribution in [0.25, 0.3) is 0 Å². The summed E-state index contributed by atoms with van der Waals surface area (Å²) >= 11 is 5.87. The maximum absolute atomic E-state index is 12.5. The molecule has 4 heteroatoms. The Morgan fingerprint density at radius 2 is 2.16 bits per heavy atom. The minimum Gasteiger partial charge on any atom is -0.349 e. The number of carbonyl (C=O) groups excluding carboxylic acids is 1. The number of hydrogen-bond donors (Lipinski definition) is 2. The normalized spacial score (nSPS) is 24.2. The van der Waals surface area contributed by atoms with E-state index in [4.69, 9.17) is 11.6 Å². The van der Waals surface area contributed by atoms with Gasteiger partial charge in [-0.05, 0) is 44.0 Å². The first-order valence-corrected chi connectivity index (χ1v) is 7.22. The van der Waals surface area contributed by atoms with Crippen molar-refractivity contribution in [2.24, 2.45) is 5.41 Å². The van der Waals surface area contributed by atoms with Crippen molar-refractivity contribution in [1.29, 1.82) is 0 Å². The Bertz CT molecular complexity index is 438. The third-order valence-electron chi connectivity index (χ3n) is 4.12. The summed E-state index contributed by atoms with van der Waals surface area (Å²) in [6.07, 6.45) is 1.79. The van der Waals surface area contributed by atoms with Gasteiger partial charge in [-0.2, -0.15) is 0 Å². The van der Waals surface area contributed by atoms with Crippen molar-refractivity contribution in [3.8, 4) is 0 Å². The monoisotopic (exact) mass is 280 g/mol. The highest BCUT2D eigenvalue weighted by molar-refractivity contribution is 6.30. The predicted octanol–water partition coefficient (Wildman–Crippen LogP) is 2.91. The van der Waals surface area contributed by atoms with Gasteiger partial charge in [0.05, 0.1) is 11.5 Å². The zero-order valence-electron chi connectivity index (χ0n) is 11.5. The van der Waals surface area contributed by atoms with E-state index in [1.807, 2.05) is 31.2 Å². The molecule has 1 aliphatic heterocycles. The van der Waals surface area contributed by atoms with Crippen LogP contribution in [0.4, 0.5) is 0 Å². The van der Waals surface area contributed by atoms with Crippen LogP contribution in [0, 0.1) is 5.41 Å². The van der Waals surface area contributed by atoms with E-state index in [1.54, 1.807) is 0 Å². The molecular weight excluding hydrogens is 260 g/mol. The Kier molecular flexibility index (Phi) is 4.48. The average molecular weight is 281 g/mol. The Balaban J connectivity index is 2.04. The fourth-order valence-electron chi connectivity index (χ4n) is 2.58. The van der Waals surface area contributed by atoms with E-state index < -0.39 is 0 Å². The van der Waals surface area contributed by atoms with E-state index in [0.717, 1.165) is 31.5 Å². The summed E-state index contributed by atoms with van der Waals surface area (Å²) in [6, 6.07) is 7.63. The second-order valence-electron chi connectivity index (χ2n) is 5.31. The zero-order chi connectivity index (χ0) is 13.9. The summed E-state index contributed by atoms with van der Waals surface area (Å²) in [5.41, 5.74) is 0.843. The van der Waals surface area contributed by atoms with Gasteiger partial charge in [0.1, 0.15) is 0 Å². The Morgan fingerprint density at radius 1 is 1.47 bits per heavy atom. The Morgan fingerprint density at radius 3 is 2.68 bits per heavy atom. The van der Waals surface area contributed by atoms with Gasteiger partial charge in [-0.25, -0.2) is 0 Å². The van der Waals surface area contributed by atoms with Gasteiger partial charge < -0.3 is 10.6 Å². The van der Waals surface area contributed by atoms with Gasteiger partial charge in [0.25, 0.3) is 0 Å². The predicted molar refractivity (Wildman–Crippen MR) is 78.2 cm³/mol. The molecule has 1 aromatic carbocycles. The van der Waals surface area contributed by atoms with Crippen LogP contribution in [-0.4, -0.2) is 19.0 Å². The molecule has 2 atom stereocenters. The van der Waals surface area contributed by atoms with E-state index in [2.05, 4.69) is 17.6 Å². The molecule has 0 saturated carbocycles. The molecular formula is C15H21ClN2O. The van der Waals surface area contributed by atoms with Gasteiger partial charge in [-0.1, -0.05) is 30.7 Å². The highest BCUT2D eigenvalue weighted by atomic mass is 35.5. The SMILES string of the molecule is CCC1(C(=O)N[C@@H](C)c2ccc(Cl)cc2)CCNC1. The highest BCUT2D eigenvalue weighted by Gasteiger charge is 2.39. The maximum atomic E-state index is 12.5. The van der Waals surface area contributed by atoms with Crippen LogP contribution in [0.3, 0.4) is 0 Å². The van der Waals surface area contributed by atoms with Gasteiger partial charge in [-0.15, -0.1) is 0 Å². The lowest BCUT2D eigenvalue weighted by atomic mass is 9.83. The first kappa shape index (κ1) is 14.4. The number of hydrogen-bond acceptors (Lipinski definition) is 2. The molecule has 1 fully saturated rings. The molecule has 2 N–H and O–H groups in total. The van der Waals surface area contributed by atoms with Gasteiger partial charge >= 0.3 is 0 Å². The number of halogens is 1. The second kappa shape index (κ2) is 5.93. The quantitative estimate of drug-likeness (QED) is 0.890. The van der Waals surface area contributed by atoms with E-state index in [0.29, 0.717) is 5.02 Å². The smallest absolute Gasteiger partial charge is 0.228 e. The lowest BCUT2D eigenvalue weighted by Gasteiger charge is -2.27. The molecule has 0 aromatic heterocycles. The second-order valence-corrected chi connectivity index (χ2v) is 5.74. The number of nitrogens with one attached hydrogen (secondary N) is 2. The van der Waals surface area contributed by atoms with Crippen LogP contribution in [-0.2, 0) is 4.79 Å². The molecule has 19 heavy (non-hydrogen) atoms. The van der Waals surface area contributed by atoms with Crippen molar-refractivity contribution < 1.29 is 4.79 Å². The van der Waals surface area contributed by atoms with Gasteiger partial charge in [0.2, 0.25) is 5.91 Å². The minimum atomic E-state index is -0.235. The average Bonchev–Trinajstić information content (AvgIpc) is 2.89. The molecule has 1 heterocycles. The molecule has 104 valence electrons. The zero-order valence-corrected chi connectivity index (χ0v) is 12.3. The molecule has 0 spiro atoms. The van der Waals surface area contributed by atoms with Crippen LogP contribution < -0.4 is 10.6 Å². The fourth-order valence-corrected chi connectivity index (χ4v) is 2.71. The summed E-state index contributed by atoms with van der Waals surface area (Å²) < 4.78 is 0. The van der Waals surface area contributed by atoms with E-state index in [9.17, 15) is 4.79 Å². The summed E-state index contributed by atoms with van der Waals surface area (Å²) in [6.45, 7) is 5.80. The molecule has 1 unspecified atom stereocenters. The molecule has 1 saturated heterocycles. The van der Waals surface area contributed by atoms with Crippen molar-refractivity contribution in [2.75, 3.05) is 13.1 Å². The van der Waals surface area contributed by atoms with Crippen LogP contribution in [0.5, 0.6) is 0 Å². The van der Waals surface area contributed by atoms with Crippen molar-refractivity contribution in [3.63, 3.8) is 0 Å². The van der Waals surface area contributed by atoms with Gasteiger partial charge in [0.15, 0.2) is 0 Å². The molecule has 1 aromatic rings. The molecule has 0 bridgehead atoms. The lowest BCUT2D eigenvalue weighted by molar-refractivity contribution is -0.131. The molecule has 1 aliphatic rings. The van der Waals surface area contributed by atoms with Crippen molar-refractivity contribution in [3.05, 3.63) is 34.9 Å². The Hall–Kier alpha value is -1.06.